The number of rotatable bonds is 5. The molecule has 1 aliphatic rings. The molecule has 1 aliphatic heterocycles. The van der Waals surface area contributed by atoms with Gasteiger partial charge in [-0.25, -0.2) is 0 Å². The first-order valence-corrected chi connectivity index (χ1v) is 7.36. The van der Waals surface area contributed by atoms with Gasteiger partial charge in [0.15, 0.2) is 5.78 Å². The van der Waals surface area contributed by atoms with E-state index in [-0.39, 0.29) is 24.3 Å². The Hall–Kier alpha value is -1.72. The summed E-state index contributed by atoms with van der Waals surface area (Å²) >= 11 is 0. The minimum atomic E-state index is -0.0917. The lowest BCUT2D eigenvalue weighted by Crippen LogP contribution is -2.45. The molecule has 5 nitrogen and oxygen atoms in total. The van der Waals surface area contributed by atoms with Gasteiger partial charge < -0.3 is 10.4 Å². The van der Waals surface area contributed by atoms with Gasteiger partial charge in [-0.1, -0.05) is 6.42 Å². The van der Waals surface area contributed by atoms with Crippen LogP contribution in [0.25, 0.3) is 0 Å². The lowest BCUT2D eigenvalue weighted by atomic mass is 10.0. The number of carbonyl (C=O) groups is 2. The van der Waals surface area contributed by atoms with Crippen LogP contribution in [0.2, 0.25) is 0 Å². The van der Waals surface area contributed by atoms with Crippen molar-refractivity contribution in [3.8, 4) is 0 Å². The van der Waals surface area contributed by atoms with E-state index in [2.05, 4.69) is 5.32 Å². The molecule has 1 aromatic rings. The third-order valence-corrected chi connectivity index (χ3v) is 3.88. The molecule has 21 heavy (non-hydrogen) atoms. The maximum atomic E-state index is 12.1. The molecule has 0 aliphatic carbocycles. The summed E-state index contributed by atoms with van der Waals surface area (Å²) in [7, 11) is 0. The summed E-state index contributed by atoms with van der Waals surface area (Å²) in [5, 5.41) is 12.2. The van der Waals surface area contributed by atoms with Gasteiger partial charge in [-0.3, -0.25) is 14.5 Å². The van der Waals surface area contributed by atoms with Crippen molar-refractivity contribution in [2.24, 2.45) is 0 Å². The van der Waals surface area contributed by atoms with Crippen LogP contribution < -0.4 is 5.32 Å². The van der Waals surface area contributed by atoms with Crippen molar-refractivity contribution in [3.05, 3.63) is 29.8 Å². The summed E-state index contributed by atoms with van der Waals surface area (Å²) in [6.07, 6.45) is 3.12. The van der Waals surface area contributed by atoms with Gasteiger partial charge in [-0.2, -0.15) is 0 Å². The summed E-state index contributed by atoms with van der Waals surface area (Å²) in [5.74, 6) is -0.0853. The number of Topliss-reactive ketones (excluding diaryl/α,β-unsaturated/α-hetero) is 1. The highest BCUT2D eigenvalue weighted by Gasteiger charge is 2.23. The van der Waals surface area contributed by atoms with E-state index in [4.69, 9.17) is 0 Å². The zero-order valence-electron chi connectivity index (χ0n) is 12.3. The van der Waals surface area contributed by atoms with E-state index in [9.17, 15) is 14.7 Å². The number of hydrogen-bond acceptors (Lipinski definition) is 4. The van der Waals surface area contributed by atoms with E-state index in [1.54, 1.807) is 24.3 Å². The molecule has 2 rings (SSSR count). The molecule has 1 aromatic carbocycles. The molecule has 1 unspecified atom stereocenters. The van der Waals surface area contributed by atoms with Crippen molar-refractivity contribution in [1.29, 1.82) is 0 Å². The Labute approximate surface area is 125 Å². The normalized spacial score (nSPS) is 19.2. The third-order valence-electron chi connectivity index (χ3n) is 3.88. The molecule has 0 spiro atoms. The van der Waals surface area contributed by atoms with Crippen molar-refractivity contribution in [2.75, 3.05) is 25.0 Å². The van der Waals surface area contributed by atoms with E-state index in [0.717, 1.165) is 25.8 Å². The van der Waals surface area contributed by atoms with Crippen LogP contribution in [0, 0.1) is 0 Å². The number of ketones is 1. The Kier molecular flexibility index (Phi) is 5.47. The summed E-state index contributed by atoms with van der Waals surface area (Å²) in [6.45, 7) is 2.75. The molecular weight excluding hydrogens is 268 g/mol. The predicted molar refractivity (Wildman–Crippen MR) is 81.4 cm³/mol. The summed E-state index contributed by atoms with van der Waals surface area (Å²) < 4.78 is 0. The molecule has 2 N–H and O–H groups in total. The maximum Gasteiger partial charge on any atom is 0.238 e. The standard InChI is InChI=1S/C16H22N2O3/c1-12(20)13-5-7-14(8-6-13)17-16(21)10-18-9-3-2-4-15(18)11-19/h5-8,15,19H,2-4,9-11H2,1H3,(H,17,21). The Morgan fingerprint density at radius 1 is 1.29 bits per heavy atom. The summed E-state index contributed by atoms with van der Waals surface area (Å²) in [5.41, 5.74) is 1.31. The van der Waals surface area contributed by atoms with Crippen LogP contribution in [0.4, 0.5) is 5.69 Å². The van der Waals surface area contributed by atoms with E-state index in [1.807, 2.05) is 4.90 Å². The van der Waals surface area contributed by atoms with Crippen molar-refractivity contribution in [1.82, 2.24) is 4.90 Å². The number of piperidine rings is 1. The first kappa shape index (κ1) is 15.7. The van der Waals surface area contributed by atoms with Gasteiger partial charge in [-0.15, -0.1) is 0 Å². The first-order chi connectivity index (χ1) is 10.1. The van der Waals surface area contributed by atoms with Gasteiger partial charge in [0.2, 0.25) is 5.91 Å². The number of hydrogen-bond donors (Lipinski definition) is 2. The lowest BCUT2D eigenvalue weighted by molar-refractivity contribution is -0.118. The average Bonchev–Trinajstić information content (AvgIpc) is 2.48. The van der Waals surface area contributed by atoms with Gasteiger partial charge in [0.1, 0.15) is 0 Å². The Balaban J connectivity index is 1.90. The molecule has 0 radical (unpaired) electrons. The van der Waals surface area contributed by atoms with Crippen LogP contribution in [0.15, 0.2) is 24.3 Å². The fourth-order valence-electron chi connectivity index (χ4n) is 2.65. The minimum absolute atomic E-state index is 0.00646. The SMILES string of the molecule is CC(=O)c1ccc(NC(=O)CN2CCCCC2CO)cc1. The van der Waals surface area contributed by atoms with Crippen LogP contribution in [-0.4, -0.2) is 47.4 Å². The molecule has 1 saturated heterocycles. The van der Waals surface area contributed by atoms with Gasteiger partial charge in [0.05, 0.1) is 13.2 Å². The maximum absolute atomic E-state index is 12.1. The monoisotopic (exact) mass is 290 g/mol. The van der Waals surface area contributed by atoms with Crippen LogP contribution in [0.1, 0.15) is 36.5 Å². The smallest absolute Gasteiger partial charge is 0.238 e. The van der Waals surface area contributed by atoms with Gasteiger partial charge in [0, 0.05) is 17.3 Å². The van der Waals surface area contributed by atoms with Crippen molar-refractivity contribution in [3.63, 3.8) is 0 Å². The molecule has 1 fully saturated rings. The summed E-state index contributed by atoms with van der Waals surface area (Å²) in [6, 6.07) is 6.96. The fraction of sp³-hybridized carbons (Fsp3) is 0.500. The van der Waals surface area contributed by atoms with Crippen molar-refractivity contribution < 1.29 is 14.7 Å². The number of carbonyl (C=O) groups excluding carboxylic acids is 2. The number of aliphatic hydroxyl groups excluding tert-OH is 1. The van der Waals surface area contributed by atoms with Gasteiger partial charge in [0.25, 0.3) is 0 Å². The highest BCUT2D eigenvalue weighted by atomic mass is 16.3. The number of amides is 1. The molecule has 114 valence electrons. The number of nitrogens with one attached hydrogen (secondary N) is 1. The van der Waals surface area contributed by atoms with Crippen LogP contribution in [0.3, 0.4) is 0 Å². The molecule has 0 bridgehead atoms. The zero-order chi connectivity index (χ0) is 15.2. The molecule has 0 saturated carbocycles. The van der Waals surface area contributed by atoms with Crippen LogP contribution in [0.5, 0.6) is 0 Å². The Bertz CT molecular complexity index is 499. The van der Waals surface area contributed by atoms with Crippen LogP contribution in [-0.2, 0) is 4.79 Å². The van der Waals surface area contributed by atoms with E-state index < -0.39 is 0 Å². The van der Waals surface area contributed by atoms with Gasteiger partial charge in [-0.05, 0) is 50.6 Å². The number of anilines is 1. The van der Waals surface area contributed by atoms with E-state index in [1.165, 1.54) is 6.92 Å². The van der Waals surface area contributed by atoms with Gasteiger partial charge >= 0.3 is 0 Å². The zero-order valence-corrected chi connectivity index (χ0v) is 12.3. The molecule has 1 heterocycles. The number of likely N-dealkylation sites (tertiary alicyclic amines) is 1. The highest BCUT2D eigenvalue weighted by molar-refractivity contribution is 5.96. The number of benzene rings is 1. The second-order valence-electron chi connectivity index (χ2n) is 5.48. The minimum Gasteiger partial charge on any atom is -0.395 e. The van der Waals surface area contributed by atoms with Crippen molar-refractivity contribution >= 4 is 17.4 Å². The van der Waals surface area contributed by atoms with Crippen molar-refractivity contribution in [2.45, 2.75) is 32.2 Å². The fourth-order valence-corrected chi connectivity index (χ4v) is 2.65. The molecule has 1 amide bonds. The quantitative estimate of drug-likeness (QED) is 0.809. The molecular formula is C16H22N2O3. The second kappa shape index (κ2) is 7.33. The van der Waals surface area contributed by atoms with Crippen LogP contribution >= 0.6 is 0 Å². The summed E-state index contributed by atoms with van der Waals surface area (Å²) in [4.78, 5) is 25.3. The average molecular weight is 290 g/mol. The van der Waals surface area contributed by atoms with E-state index >= 15 is 0 Å². The Morgan fingerprint density at radius 2 is 2.00 bits per heavy atom. The third kappa shape index (κ3) is 4.37. The lowest BCUT2D eigenvalue weighted by Gasteiger charge is -2.33. The topological polar surface area (TPSA) is 69.6 Å². The highest BCUT2D eigenvalue weighted by Crippen LogP contribution is 2.16. The largest absolute Gasteiger partial charge is 0.395 e. The predicted octanol–water partition coefficient (Wildman–Crippen LogP) is 1.67. The number of nitrogens with zero attached hydrogens (tertiary/aromatic N) is 1. The number of aliphatic hydroxyl groups is 1. The molecule has 0 aromatic heterocycles. The Morgan fingerprint density at radius 3 is 2.62 bits per heavy atom. The van der Waals surface area contributed by atoms with E-state index in [0.29, 0.717) is 17.8 Å². The molecule has 5 heteroatoms. The second-order valence-corrected chi connectivity index (χ2v) is 5.48. The molecule has 1 atom stereocenters. The first-order valence-electron chi connectivity index (χ1n) is 7.36.